The van der Waals surface area contributed by atoms with Gasteiger partial charge in [-0.2, -0.15) is 0 Å². The Hall–Kier alpha value is -3.88. The first-order valence-corrected chi connectivity index (χ1v) is 10.8. The van der Waals surface area contributed by atoms with Crippen molar-refractivity contribution in [3.05, 3.63) is 95.3 Å². The van der Waals surface area contributed by atoms with E-state index < -0.39 is 23.5 Å². The number of ether oxygens (including phenoxy) is 2. The van der Waals surface area contributed by atoms with Gasteiger partial charge in [0.2, 0.25) is 5.78 Å². The average molecular weight is 459 g/mol. The number of para-hydroxylation sites is 2. The second kappa shape index (κ2) is 8.48. The van der Waals surface area contributed by atoms with Crippen LogP contribution in [0.5, 0.6) is 0 Å². The Balaban J connectivity index is 1.64. The molecule has 7 nitrogen and oxygen atoms in total. The molecular formula is C26H22FN3O4. The third-order valence-corrected chi connectivity index (χ3v) is 5.65. The van der Waals surface area contributed by atoms with E-state index in [1.54, 1.807) is 56.4 Å². The predicted molar refractivity (Wildman–Crippen MR) is 124 cm³/mol. The first kappa shape index (κ1) is 21.9. The van der Waals surface area contributed by atoms with E-state index in [2.05, 4.69) is 15.0 Å². The minimum atomic E-state index is -0.852. The molecule has 8 heteroatoms. The van der Waals surface area contributed by atoms with Crippen molar-refractivity contribution in [2.75, 3.05) is 6.61 Å². The summed E-state index contributed by atoms with van der Waals surface area (Å²) >= 11 is 0. The molecule has 172 valence electrons. The number of H-pyrrole nitrogens is 1. The number of Topliss-reactive ketones (excluding diaryl/α,β-unsaturated/α-hetero) is 1. The van der Waals surface area contributed by atoms with Crippen LogP contribution in [0.2, 0.25) is 0 Å². The van der Waals surface area contributed by atoms with E-state index in [-0.39, 0.29) is 34.9 Å². The number of pyridine rings is 1. The molecule has 0 amide bonds. The predicted octanol–water partition coefficient (Wildman–Crippen LogP) is 5.23. The van der Waals surface area contributed by atoms with Crippen LogP contribution in [-0.2, 0) is 9.47 Å². The van der Waals surface area contributed by atoms with E-state index in [1.165, 1.54) is 12.3 Å². The number of imidazole rings is 1. The van der Waals surface area contributed by atoms with Crippen LogP contribution in [0.25, 0.3) is 22.4 Å². The molecule has 0 spiro atoms. The number of ketones is 1. The van der Waals surface area contributed by atoms with E-state index in [0.29, 0.717) is 16.6 Å². The third-order valence-electron chi connectivity index (χ3n) is 5.65. The normalized spacial score (nSPS) is 18.1. The van der Waals surface area contributed by atoms with Crippen LogP contribution in [0.1, 0.15) is 47.3 Å². The summed E-state index contributed by atoms with van der Waals surface area (Å²) in [6, 6.07) is 15.0. The SMILES string of the molecule is CC1(C)OC[C@@H](c2cccc(C(=O)/C(=C(\O)c3cccnc3)c3nc4ccccc4[nH]3)c2F)O1. The summed E-state index contributed by atoms with van der Waals surface area (Å²) in [4.78, 5) is 25.3. The molecule has 1 aliphatic rings. The van der Waals surface area contributed by atoms with Crippen LogP contribution in [0.4, 0.5) is 4.39 Å². The lowest BCUT2D eigenvalue weighted by atomic mass is 9.96. The van der Waals surface area contributed by atoms with Crippen LogP contribution in [0, 0.1) is 5.82 Å². The van der Waals surface area contributed by atoms with Crippen LogP contribution in [-0.4, -0.2) is 38.2 Å². The fraction of sp³-hybridized carbons (Fsp3) is 0.192. The highest BCUT2D eigenvalue weighted by molar-refractivity contribution is 6.33. The van der Waals surface area contributed by atoms with Crippen LogP contribution >= 0.6 is 0 Å². The van der Waals surface area contributed by atoms with Crippen molar-refractivity contribution in [2.24, 2.45) is 0 Å². The van der Waals surface area contributed by atoms with Gasteiger partial charge in [-0.25, -0.2) is 9.37 Å². The molecule has 3 heterocycles. The number of allylic oxidation sites excluding steroid dienone is 1. The van der Waals surface area contributed by atoms with Crippen molar-refractivity contribution in [3.63, 3.8) is 0 Å². The molecule has 4 aromatic rings. The summed E-state index contributed by atoms with van der Waals surface area (Å²) in [7, 11) is 0. The van der Waals surface area contributed by atoms with Crippen LogP contribution < -0.4 is 0 Å². The van der Waals surface area contributed by atoms with Crippen molar-refractivity contribution in [1.82, 2.24) is 15.0 Å². The van der Waals surface area contributed by atoms with Gasteiger partial charge in [-0.15, -0.1) is 0 Å². The molecule has 0 aliphatic carbocycles. The second-order valence-electron chi connectivity index (χ2n) is 8.42. The number of aromatic amines is 1. The first-order chi connectivity index (χ1) is 16.3. The zero-order valence-corrected chi connectivity index (χ0v) is 18.6. The van der Waals surface area contributed by atoms with Gasteiger partial charge in [0.1, 0.15) is 29.1 Å². The van der Waals surface area contributed by atoms with E-state index in [1.807, 2.05) is 12.1 Å². The van der Waals surface area contributed by atoms with Crippen molar-refractivity contribution in [3.8, 4) is 0 Å². The topological polar surface area (TPSA) is 97.3 Å². The van der Waals surface area contributed by atoms with Crippen molar-refractivity contribution >= 4 is 28.1 Å². The van der Waals surface area contributed by atoms with Crippen molar-refractivity contribution in [2.45, 2.75) is 25.7 Å². The Morgan fingerprint density at radius 1 is 1.15 bits per heavy atom. The monoisotopic (exact) mass is 459 g/mol. The molecule has 1 saturated heterocycles. The maximum Gasteiger partial charge on any atom is 0.203 e. The molecule has 1 fully saturated rings. The molecule has 2 aromatic carbocycles. The highest BCUT2D eigenvalue weighted by Crippen LogP contribution is 2.36. The smallest absolute Gasteiger partial charge is 0.203 e. The Morgan fingerprint density at radius 2 is 1.97 bits per heavy atom. The van der Waals surface area contributed by atoms with E-state index in [0.717, 1.165) is 0 Å². The van der Waals surface area contributed by atoms with E-state index in [9.17, 15) is 9.90 Å². The number of hydrogen-bond donors (Lipinski definition) is 2. The molecule has 0 bridgehead atoms. The molecule has 1 aliphatic heterocycles. The van der Waals surface area contributed by atoms with Gasteiger partial charge in [0.05, 0.1) is 23.2 Å². The molecule has 0 unspecified atom stereocenters. The van der Waals surface area contributed by atoms with Crippen LogP contribution in [0.3, 0.4) is 0 Å². The Labute approximate surface area is 194 Å². The fourth-order valence-electron chi connectivity index (χ4n) is 3.99. The van der Waals surface area contributed by atoms with Crippen molar-refractivity contribution < 1.29 is 23.8 Å². The Morgan fingerprint density at radius 3 is 2.68 bits per heavy atom. The van der Waals surface area contributed by atoms with Gasteiger partial charge in [0.25, 0.3) is 0 Å². The highest BCUT2D eigenvalue weighted by atomic mass is 19.1. The standard InChI is InChI=1S/C26H22FN3O4/c1-26(2)33-14-20(34-26)16-8-5-9-17(22(16)27)24(32)21(23(31)15-7-6-12-28-13-15)25-29-18-10-3-4-11-19(18)30-25/h3-13,20,31H,14H2,1-2H3,(H,29,30)/b23-21+/t20-/m0/s1. The first-order valence-electron chi connectivity index (χ1n) is 10.8. The number of nitrogens with zero attached hydrogens (tertiary/aromatic N) is 2. The molecule has 0 radical (unpaired) electrons. The van der Waals surface area contributed by atoms with Gasteiger partial charge in [0.15, 0.2) is 5.79 Å². The number of rotatable bonds is 5. The highest BCUT2D eigenvalue weighted by Gasteiger charge is 2.36. The number of nitrogens with one attached hydrogen (secondary N) is 1. The summed E-state index contributed by atoms with van der Waals surface area (Å²) in [5, 5.41) is 11.1. The average Bonchev–Trinajstić information content (AvgIpc) is 3.42. The quantitative estimate of drug-likeness (QED) is 0.241. The lowest BCUT2D eigenvalue weighted by molar-refractivity contribution is -0.139. The number of hydrogen-bond acceptors (Lipinski definition) is 6. The number of fused-ring (bicyclic) bond motifs is 1. The minimum Gasteiger partial charge on any atom is -0.506 e. The second-order valence-corrected chi connectivity index (χ2v) is 8.42. The number of aliphatic hydroxyl groups is 1. The summed E-state index contributed by atoms with van der Waals surface area (Å²) in [6.45, 7) is 3.65. The van der Waals surface area contributed by atoms with Gasteiger partial charge >= 0.3 is 0 Å². The molecule has 34 heavy (non-hydrogen) atoms. The van der Waals surface area contributed by atoms with Crippen LogP contribution in [0.15, 0.2) is 67.0 Å². The van der Waals surface area contributed by atoms with Gasteiger partial charge in [0, 0.05) is 23.5 Å². The Kier molecular flexibility index (Phi) is 5.47. The number of aromatic nitrogens is 3. The number of halogens is 1. The summed E-state index contributed by atoms with van der Waals surface area (Å²) in [6.07, 6.45) is 2.31. The van der Waals surface area contributed by atoms with Crippen molar-refractivity contribution in [1.29, 1.82) is 0 Å². The number of benzene rings is 2. The number of carbonyl (C=O) groups is 1. The lowest BCUT2D eigenvalue weighted by Crippen LogP contribution is -2.20. The van der Waals surface area contributed by atoms with E-state index >= 15 is 4.39 Å². The number of carbonyl (C=O) groups excluding carboxylic acids is 1. The lowest BCUT2D eigenvalue weighted by Gasteiger charge is -2.18. The molecular weight excluding hydrogens is 437 g/mol. The Bertz CT molecular complexity index is 1380. The largest absolute Gasteiger partial charge is 0.506 e. The fourth-order valence-corrected chi connectivity index (χ4v) is 3.99. The van der Waals surface area contributed by atoms with Gasteiger partial charge in [-0.05, 0) is 44.2 Å². The molecule has 2 aromatic heterocycles. The third kappa shape index (κ3) is 3.98. The van der Waals surface area contributed by atoms with Gasteiger partial charge in [-0.3, -0.25) is 9.78 Å². The zero-order valence-electron chi connectivity index (χ0n) is 18.6. The summed E-state index contributed by atoms with van der Waals surface area (Å²) in [5.74, 6) is -2.54. The maximum atomic E-state index is 15.7. The molecule has 5 rings (SSSR count). The molecule has 1 atom stereocenters. The zero-order chi connectivity index (χ0) is 23.9. The van der Waals surface area contributed by atoms with Gasteiger partial charge < -0.3 is 19.6 Å². The minimum absolute atomic E-state index is 0.124. The maximum absolute atomic E-state index is 15.7. The summed E-state index contributed by atoms with van der Waals surface area (Å²) in [5.41, 5.74) is 1.42. The van der Waals surface area contributed by atoms with Gasteiger partial charge in [-0.1, -0.05) is 24.3 Å². The molecule has 0 saturated carbocycles. The molecule has 2 N–H and O–H groups in total. The summed E-state index contributed by atoms with van der Waals surface area (Å²) < 4.78 is 27.0. The van der Waals surface area contributed by atoms with E-state index in [4.69, 9.17) is 9.47 Å². The number of aliphatic hydroxyl groups excluding tert-OH is 1.